The lowest BCUT2D eigenvalue weighted by molar-refractivity contribution is -0.890. The van der Waals surface area contributed by atoms with Gasteiger partial charge in [0.05, 0.1) is 55.6 Å². The van der Waals surface area contributed by atoms with Crippen LogP contribution >= 0.6 is 0 Å². The molecule has 0 aromatic rings. The lowest BCUT2D eigenvalue weighted by Crippen LogP contribution is -2.62. The van der Waals surface area contributed by atoms with Crippen molar-refractivity contribution in [3.8, 4) is 0 Å². The summed E-state index contributed by atoms with van der Waals surface area (Å²) < 4.78 is 33.1. The van der Waals surface area contributed by atoms with Crippen LogP contribution in [0.5, 0.6) is 0 Å². The first-order chi connectivity index (χ1) is 19.5. The minimum Gasteiger partial charge on any atom is -0.748 e. The van der Waals surface area contributed by atoms with Crippen LogP contribution in [0.3, 0.4) is 0 Å². The molecule has 10 heteroatoms. The maximum atomic E-state index is 12.7. The lowest BCUT2D eigenvalue weighted by Gasteiger charge is -2.63. The molecule has 0 heterocycles. The van der Waals surface area contributed by atoms with Crippen LogP contribution in [0.15, 0.2) is 0 Å². The van der Waals surface area contributed by atoms with E-state index in [1.807, 2.05) is 14.1 Å². The topological polar surface area (TPSA) is 147 Å². The summed E-state index contributed by atoms with van der Waals surface area (Å²) in [7, 11) is -0.177. The molecule has 4 saturated carbocycles. The number of fused-ring (bicyclic) bond motifs is 5. The van der Waals surface area contributed by atoms with Crippen molar-refractivity contribution in [2.45, 2.75) is 110 Å². The molecule has 1 amide bonds. The maximum Gasteiger partial charge on any atom is 0.220 e. The van der Waals surface area contributed by atoms with Crippen molar-refractivity contribution in [3.05, 3.63) is 0 Å². The second kappa shape index (κ2) is 12.9. The van der Waals surface area contributed by atoms with Crippen molar-refractivity contribution < 1.29 is 37.6 Å². The third kappa shape index (κ3) is 7.20. The molecule has 0 radical (unpaired) electrons. The first kappa shape index (κ1) is 34.1. The number of amides is 1. The van der Waals surface area contributed by atoms with E-state index in [1.165, 1.54) is 0 Å². The molecule has 11 atom stereocenters. The van der Waals surface area contributed by atoms with Crippen molar-refractivity contribution in [2.75, 3.05) is 39.5 Å². The molecule has 0 aromatic heterocycles. The van der Waals surface area contributed by atoms with E-state index in [2.05, 4.69) is 26.1 Å². The minimum atomic E-state index is -4.18. The Bertz CT molecular complexity index is 1050. The highest BCUT2D eigenvalue weighted by molar-refractivity contribution is 7.85. The Morgan fingerprint density at radius 1 is 1.02 bits per heavy atom. The number of quaternary nitrogens is 1. The molecule has 244 valence electrons. The molecule has 4 fully saturated rings. The van der Waals surface area contributed by atoms with Gasteiger partial charge in [-0.2, -0.15) is 0 Å². The van der Waals surface area contributed by atoms with Crippen molar-refractivity contribution in [2.24, 2.45) is 46.3 Å². The fourth-order valence-electron chi connectivity index (χ4n) is 10.3. The number of hydrogen-bond acceptors (Lipinski definition) is 7. The highest BCUT2D eigenvalue weighted by Gasteiger charge is 2.65. The largest absolute Gasteiger partial charge is 0.748 e. The molecule has 1 unspecified atom stereocenters. The van der Waals surface area contributed by atoms with Gasteiger partial charge in [-0.05, 0) is 97.7 Å². The normalized spacial score (nSPS) is 41.0. The SMILES string of the molecule is C[C@H](CCC(=O)NCCC[N+](C)(C)CCCS(=O)(=O)[O-])[C@H]1CC[C@H]2[C@@H]3[C@H](O)CC4C[C@H](O)CC[C@]4(C)[C@H]3C[C@H](O)[C@]12C. The van der Waals surface area contributed by atoms with Crippen LogP contribution in [0, 0.1) is 46.3 Å². The fraction of sp³-hybridized carbons (Fsp3) is 0.969. The maximum absolute atomic E-state index is 12.7. The van der Waals surface area contributed by atoms with E-state index in [9.17, 15) is 33.1 Å². The third-order valence-corrected chi connectivity index (χ3v) is 13.6. The Morgan fingerprint density at radius 3 is 2.40 bits per heavy atom. The molecule has 42 heavy (non-hydrogen) atoms. The van der Waals surface area contributed by atoms with Crippen LogP contribution in [0.4, 0.5) is 0 Å². The molecule has 4 N–H and O–H groups in total. The Hall–Kier alpha value is -0.780. The molecule has 4 rings (SSSR count). The minimum absolute atomic E-state index is 0.0368. The molecular formula is C32H58N2O7S. The third-order valence-electron chi connectivity index (χ3n) is 12.8. The van der Waals surface area contributed by atoms with Gasteiger partial charge in [0.2, 0.25) is 5.91 Å². The van der Waals surface area contributed by atoms with Crippen LogP contribution in [0.1, 0.15) is 91.4 Å². The molecule has 0 saturated heterocycles. The summed E-state index contributed by atoms with van der Waals surface area (Å²) in [5, 5.41) is 36.6. The summed E-state index contributed by atoms with van der Waals surface area (Å²) in [6, 6.07) is 0. The standard InChI is InChI=1S/C32H58N2O7S/c1-21(8-11-29(38)33-14-6-15-34(4,5)16-7-17-42(39,40)41)24-9-10-25-30-26(20-28(37)32(24,25)3)31(2)13-12-23(35)18-22(31)19-27(30)36/h21-28,30,35-37H,6-20H2,1-5H3,(H-,33,38,39,40,41)/t21-,22?,23-,24-,25+,26+,27-,28+,30+,31+,32-/m1/s1. The van der Waals surface area contributed by atoms with E-state index in [0.717, 1.165) is 64.3 Å². The summed E-state index contributed by atoms with van der Waals surface area (Å²) >= 11 is 0. The molecular weight excluding hydrogens is 556 g/mol. The number of rotatable bonds is 12. The van der Waals surface area contributed by atoms with Gasteiger partial charge in [0.25, 0.3) is 0 Å². The van der Waals surface area contributed by atoms with E-state index >= 15 is 0 Å². The average Bonchev–Trinajstić information content (AvgIpc) is 3.24. The van der Waals surface area contributed by atoms with Crippen LogP contribution < -0.4 is 5.32 Å². The van der Waals surface area contributed by atoms with Crippen molar-refractivity contribution in [1.82, 2.24) is 5.32 Å². The summed E-state index contributed by atoms with van der Waals surface area (Å²) in [4.78, 5) is 12.7. The van der Waals surface area contributed by atoms with Crippen LogP contribution in [0.25, 0.3) is 0 Å². The van der Waals surface area contributed by atoms with Crippen molar-refractivity contribution in [1.29, 1.82) is 0 Å². The number of carbonyl (C=O) groups excluding carboxylic acids is 1. The Balaban J connectivity index is 1.27. The highest BCUT2D eigenvalue weighted by Crippen LogP contribution is 2.68. The molecule has 9 nitrogen and oxygen atoms in total. The summed E-state index contributed by atoms with van der Waals surface area (Å²) in [5.41, 5.74) is -0.191. The van der Waals surface area contributed by atoms with Gasteiger partial charge in [0.1, 0.15) is 0 Å². The Morgan fingerprint density at radius 2 is 1.71 bits per heavy atom. The van der Waals surface area contributed by atoms with Crippen molar-refractivity contribution >= 4 is 16.0 Å². The number of nitrogens with zero attached hydrogens (tertiary/aromatic N) is 1. The van der Waals surface area contributed by atoms with Gasteiger partial charge in [-0.1, -0.05) is 20.8 Å². The summed E-state index contributed by atoms with van der Waals surface area (Å²) in [5.74, 6) is 1.38. The fourth-order valence-corrected chi connectivity index (χ4v) is 10.8. The first-order valence-corrected chi connectivity index (χ1v) is 18.1. The number of nitrogens with one attached hydrogen (secondary N) is 1. The second-order valence-electron chi connectivity index (χ2n) is 15.7. The van der Waals surface area contributed by atoms with E-state index in [1.54, 1.807) is 0 Å². The highest BCUT2D eigenvalue weighted by atomic mass is 32.2. The molecule has 4 aliphatic carbocycles. The van der Waals surface area contributed by atoms with Gasteiger partial charge in [0, 0.05) is 31.6 Å². The second-order valence-corrected chi connectivity index (χ2v) is 17.3. The number of hydrogen-bond donors (Lipinski definition) is 4. The number of aliphatic hydroxyl groups excluding tert-OH is 3. The van der Waals surface area contributed by atoms with Crippen LogP contribution in [0.2, 0.25) is 0 Å². The average molecular weight is 615 g/mol. The number of carbonyl (C=O) groups is 1. The van der Waals surface area contributed by atoms with Crippen LogP contribution in [-0.2, 0) is 14.9 Å². The Kier molecular flexibility index (Phi) is 10.5. The predicted octanol–water partition coefficient (Wildman–Crippen LogP) is 2.88. The predicted molar refractivity (Wildman–Crippen MR) is 161 cm³/mol. The van der Waals surface area contributed by atoms with Crippen molar-refractivity contribution in [3.63, 3.8) is 0 Å². The molecule has 0 spiro atoms. The molecule has 4 aliphatic rings. The number of aliphatic hydroxyl groups is 3. The van der Waals surface area contributed by atoms with Gasteiger partial charge in [-0.3, -0.25) is 4.79 Å². The van der Waals surface area contributed by atoms with Gasteiger partial charge >= 0.3 is 0 Å². The first-order valence-electron chi connectivity index (χ1n) is 16.5. The zero-order chi connectivity index (χ0) is 31.1. The lowest BCUT2D eigenvalue weighted by atomic mass is 9.43. The Labute approximate surface area is 254 Å². The molecule has 0 bridgehead atoms. The zero-order valence-electron chi connectivity index (χ0n) is 26.6. The van der Waals surface area contributed by atoms with Gasteiger partial charge < -0.3 is 29.7 Å². The van der Waals surface area contributed by atoms with E-state index in [-0.39, 0.29) is 52.5 Å². The smallest absolute Gasteiger partial charge is 0.220 e. The summed E-state index contributed by atoms with van der Waals surface area (Å²) in [6.45, 7) is 8.78. The quantitative estimate of drug-likeness (QED) is 0.150. The van der Waals surface area contributed by atoms with Gasteiger partial charge in [0.15, 0.2) is 0 Å². The van der Waals surface area contributed by atoms with E-state index in [4.69, 9.17) is 0 Å². The summed E-state index contributed by atoms with van der Waals surface area (Å²) in [6.07, 6.45) is 7.35. The van der Waals surface area contributed by atoms with Gasteiger partial charge in [-0.25, -0.2) is 8.42 Å². The van der Waals surface area contributed by atoms with E-state index < -0.39 is 16.2 Å². The molecule has 0 aromatic carbocycles. The monoisotopic (exact) mass is 614 g/mol. The van der Waals surface area contributed by atoms with Crippen LogP contribution in [-0.4, -0.2) is 96.5 Å². The van der Waals surface area contributed by atoms with Gasteiger partial charge in [-0.15, -0.1) is 0 Å². The van der Waals surface area contributed by atoms with E-state index in [0.29, 0.717) is 48.2 Å². The molecule has 0 aliphatic heterocycles. The zero-order valence-corrected chi connectivity index (χ0v) is 27.4.